The SMILES string of the molecule is CCC1=C(C)C2=NC1=CC1=C(C)C3=C(O)[C@H](CC(=O)OC)C(=C4N=C(C=c5[nH]c(c(C(C)=O)c5C)=C2)C(C)=C4CCC(=O)NCCCS(=O)(=O)O)C3=N1. The Morgan fingerprint density at radius 2 is 1.64 bits per heavy atom. The first-order valence-corrected chi connectivity index (χ1v) is 19.1. The molecule has 13 nitrogen and oxygen atoms in total. The molecule has 0 spiro atoms. The van der Waals surface area contributed by atoms with Crippen LogP contribution < -0.4 is 16.0 Å². The van der Waals surface area contributed by atoms with Crippen LogP contribution in [0.25, 0.3) is 12.2 Å². The molecule has 8 bridgehead atoms. The van der Waals surface area contributed by atoms with E-state index in [2.05, 4.69) is 17.2 Å². The molecule has 0 aromatic carbocycles. The summed E-state index contributed by atoms with van der Waals surface area (Å²) in [7, 11) is -2.86. The van der Waals surface area contributed by atoms with Crippen LogP contribution in [-0.4, -0.2) is 77.3 Å². The Morgan fingerprint density at radius 3 is 2.30 bits per heavy atom. The molecule has 4 aliphatic heterocycles. The van der Waals surface area contributed by atoms with Gasteiger partial charge >= 0.3 is 5.97 Å². The minimum atomic E-state index is -4.15. The van der Waals surface area contributed by atoms with Crippen LogP contribution in [0.15, 0.2) is 82.9 Å². The van der Waals surface area contributed by atoms with Crippen molar-refractivity contribution in [2.75, 3.05) is 19.4 Å². The number of rotatable bonds is 11. The van der Waals surface area contributed by atoms with Crippen LogP contribution in [0.3, 0.4) is 0 Å². The zero-order chi connectivity index (χ0) is 38.5. The number of ether oxygens (including phenoxy) is 1. The number of hydrogen-bond acceptors (Lipinski definition) is 10. The van der Waals surface area contributed by atoms with E-state index in [-0.39, 0.29) is 49.7 Å². The molecule has 1 atom stereocenters. The molecule has 4 N–H and O–H groups in total. The van der Waals surface area contributed by atoms with Gasteiger partial charge in [0.15, 0.2) is 5.78 Å². The summed E-state index contributed by atoms with van der Waals surface area (Å²) < 4.78 is 36.3. The molecular weight excluding hydrogens is 699 g/mol. The van der Waals surface area contributed by atoms with Crippen molar-refractivity contribution in [2.24, 2.45) is 20.9 Å². The third kappa shape index (κ3) is 7.00. The quantitative estimate of drug-likeness (QED) is 0.112. The number of carbonyl (C=O) groups is 3. The van der Waals surface area contributed by atoms with Gasteiger partial charge in [-0.15, -0.1) is 0 Å². The van der Waals surface area contributed by atoms with Gasteiger partial charge in [-0.3, -0.25) is 18.9 Å². The fourth-order valence-electron chi connectivity index (χ4n) is 7.58. The van der Waals surface area contributed by atoms with Gasteiger partial charge in [0.25, 0.3) is 10.1 Å². The van der Waals surface area contributed by atoms with E-state index in [1.807, 2.05) is 45.9 Å². The normalized spacial score (nSPS) is 19.4. The molecule has 1 aromatic heterocycles. The van der Waals surface area contributed by atoms with E-state index in [9.17, 15) is 27.9 Å². The minimum Gasteiger partial charge on any atom is -0.511 e. The fraction of sp³-hybridized carbons (Fsp3) is 0.385. The van der Waals surface area contributed by atoms with Crippen LogP contribution in [0.2, 0.25) is 0 Å². The molecule has 5 aliphatic rings. The number of esters is 1. The molecule has 6 rings (SSSR count). The van der Waals surface area contributed by atoms with Crippen molar-refractivity contribution in [1.29, 1.82) is 0 Å². The van der Waals surface area contributed by atoms with Gasteiger partial charge in [0.1, 0.15) is 5.76 Å². The highest BCUT2D eigenvalue weighted by Gasteiger charge is 2.44. The number of nitrogens with one attached hydrogen (secondary N) is 2. The van der Waals surface area contributed by atoms with Gasteiger partial charge in [0, 0.05) is 35.0 Å². The molecule has 0 saturated heterocycles. The summed E-state index contributed by atoms with van der Waals surface area (Å²) in [5.74, 6) is -2.29. The number of aliphatic hydroxyl groups excluding tert-OH is 1. The van der Waals surface area contributed by atoms with E-state index < -0.39 is 27.8 Å². The summed E-state index contributed by atoms with van der Waals surface area (Å²) in [4.78, 5) is 57.5. The number of aliphatic hydroxyl groups is 1. The number of Topliss-reactive ketones (excluding diaryl/α,β-unsaturated/α-hetero) is 1. The number of ketones is 1. The van der Waals surface area contributed by atoms with Gasteiger partial charge in [0.2, 0.25) is 5.91 Å². The van der Waals surface area contributed by atoms with E-state index in [0.717, 1.165) is 33.7 Å². The lowest BCUT2D eigenvalue weighted by Gasteiger charge is -2.16. The Balaban J connectivity index is 1.58. The summed E-state index contributed by atoms with van der Waals surface area (Å²) in [5.41, 5.74) is 10.1. The highest BCUT2D eigenvalue weighted by Crippen LogP contribution is 2.48. The van der Waals surface area contributed by atoms with Gasteiger partial charge in [0.05, 0.1) is 64.8 Å². The first-order valence-electron chi connectivity index (χ1n) is 17.5. The molecule has 278 valence electrons. The second kappa shape index (κ2) is 14.3. The Labute approximate surface area is 307 Å². The van der Waals surface area contributed by atoms with E-state index in [4.69, 9.17) is 24.3 Å². The third-order valence-electron chi connectivity index (χ3n) is 10.4. The van der Waals surface area contributed by atoms with Gasteiger partial charge < -0.3 is 20.1 Å². The van der Waals surface area contributed by atoms with Gasteiger partial charge in [-0.05, 0) is 106 Å². The van der Waals surface area contributed by atoms with Crippen LogP contribution in [0, 0.1) is 12.8 Å². The second-order valence-electron chi connectivity index (χ2n) is 13.7. The van der Waals surface area contributed by atoms with Gasteiger partial charge in [-0.25, -0.2) is 15.0 Å². The van der Waals surface area contributed by atoms with Gasteiger partial charge in [-0.1, -0.05) is 6.92 Å². The predicted molar refractivity (Wildman–Crippen MR) is 203 cm³/mol. The number of amides is 1. The fourth-order valence-corrected chi connectivity index (χ4v) is 8.09. The Kier molecular flexibility index (Phi) is 10.1. The molecule has 0 saturated carbocycles. The Bertz CT molecular complexity index is 2430. The Morgan fingerprint density at radius 1 is 0.962 bits per heavy atom. The van der Waals surface area contributed by atoms with Crippen molar-refractivity contribution in [1.82, 2.24) is 10.3 Å². The number of H-pyrrole nitrogens is 1. The van der Waals surface area contributed by atoms with Crippen molar-refractivity contribution < 1.29 is 37.2 Å². The average molecular weight is 742 g/mol. The molecule has 14 heteroatoms. The number of allylic oxidation sites excluding steroid dienone is 8. The number of aromatic nitrogens is 1. The maximum Gasteiger partial charge on any atom is 0.306 e. The highest BCUT2D eigenvalue weighted by molar-refractivity contribution is 7.85. The summed E-state index contributed by atoms with van der Waals surface area (Å²) >= 11 is 0. The molecule has 53 heavy (non-hydrogen) atoms. The van der Waals surface area contributed by atoms with Crippen LogP contribution in [0.1, 0.15) is 82.6 Å². The van der Waals surface area contributed by atoms with Crippen molar-refractivity contribution in [3.05, 3.63) is 89.8 Å². The van der Waals surface area contributed by atoms with Crippen molar-refractivity contribution >= 4 is 57.1 Å². The summed E-state index contributed by atoms with van der Waals surface area (Å²) in [6.45, 7) is 11.3. The third-order valence-corrected chi connectivity index (χ3v) is 11.2. The van der Waals surface area contributed by atoms with Crippen LogP contribution in [-0.2, 0) is 24.4 Å². The lowest BCUT2D eigenvalue weighted by Crippen LogP contribution is -2.25. The molecule has 1 amide bonds. The van der Waals surface area contributed by atoms with Crippen LogP contribution in [0.5, 0.6) is 0 Å². The van der Waals surface area contributed by atoms with Gasteiger partial charge in [-0.2, -0.15) is 8.42 Å². The lowest BCUT2D eigenvalue weighted by molar-refractivity contribution is -0.141. The molecule has 1 aromatic rings. The molecule has 5 heterocycles. The predicted octanol–water partition coefficient (Wildman–Crippen LogP) is 4.10. The van der Waals surface area contributed by atoms with Crippen LogP contribution >= 0.6 is 0 Å². The molecular formula is C39H43N5O8S. The van der Waals surface area contributed by atoms with Crippen molar-refractivity contribution in [3.63, 3.8) is 0 Å². The maximum atomic E-state index is 13.1. The number of methoxy groups -OCH3 is 1. The Hall–Kier alpha value is -5.21. The summed E-state index contributed by atoms with van der Waals surface area (Å²) in [6.07, 6.45) is 6.47. The molecule has 0 fully saturated rings. The van der Waals surface area contributed by atoms with E-state index in [0.29, 0.717) is 67.8 Å². The molecule has 1 aliphatic carbocycles. The number of nitrogens with zero attached hydrogens (tertiary/aromatic N) is 3. The van der Waals surface area contributed by atoms with E-state index >= 15 is 0 Å². The zero-order valence-electron chi connectivity index (χ0n) is 30.9. The lowest BCUT2D eigenvalue weighted by atomic mass is 9.90. The first kappa shape index (κ1) is 37.5. The maximum absolute atomic E-state index is 13.1. The van der Waals surface area contributed by atoms with E-state index in [1.54, 1.807) is 0 Å². The monoisotopic (exact) mass is 741 g/mol. The smallest absolute Gasteiger partial charge is 0.306 e. The largest absolute Gasteiger partial charge is 0.511 e. The van der Waals surface area contributed by atoms with Crippen molar-refractivity contribution in [3.8, 4) is 0 Å². The summed E-state index contributed by atoms with van der Waals surface area (Å²) in [5, 5.41) is 15.8. The molecule has 0 unspecified atom stereocenters. The number of fused-ring (bicyclic) bond motifs is 5. The minimum absolute atomic E-state index is 0.0211. The second-order valence-corrected chi connectivity index (χ2v) is 15.3. The van der Waals surface area contributed by atoms with E-state index in [1.165, 1.54) is 14.0 Å². The van der Waals surface area contributed by atoms with Crippen LogP contribution in [0.4, 0.5) is 0 Å². The van der Waals surface area contributed by atoms with Crippen molar-refractivity contribution in [2.45, 2.75) is 73.6 Å². The first-order chi connectivity index (χ1) is 25.0. The number of aromatic amines is 1. The number of hydrogen-bond donors (Lipinski definition) is 4. The number of carbonyl (C=O) groups excluding carboxylic acids is 3. The number of aliphatic imine (C=N–C) groups is 3. The topological polar surface area (TPSA) is 200 Å². The standard InChI is InChI=1S/C39H43N5O8S/c1-8-23-18(2)26-17-31-34(22(6)45)20(4)28(42-31)15-27-19(3)24(10-11-32(46)40-12-9-13-53(49,50)51)37(43-27)36-25(14-33(47)52-7)39(48)35-21(5)29(44-38(35)36)16-30(23)41-26/h15-17,25,42,48H,8-14H2,1-7H3,(H,40,46)(H,49,50,51)/t25-/m1/s1. The zero-order valence-corrected chi connectivity index (χ0v) is 31.7. The molecule has 0 radical (unpaired) electrons. The average Bonchev–Trinajstić information content (AvgIpc) is 3.83. The highest BCUT2D eigenvalue weighted by atomic mass is 32.2. The summed E-state index contributed by atoms with van der Waals surface area (Å²) in [6, 6.07) is 0.